The van der Waals surface area contributed by atoms with Crippen LogP contribution in [0.1, 0.15) is 27.2 Å². The van der Waals surface area contributed by atoms with Crippen LogP contribution in [-0.4, -0.2) is 25.1 Å². The number of carbonyl (C=O) groups excluding carboxylic acids is 1. The van der Waals surface area contributed by atoms with Crippen molar-refractivity contribution in [3.05, 3.63) is 34.6 Å². The topological polar surface area (TPSA) is 42.7 Å². The summed E-state index contributed by atoms with van der Waals surface area (Å²) in [5.74, 6) is 0.0664. The van der Waals surface area contributed by atoms with Gasteiger partial charge in [-0.25, -0.2) is 5.06 Å². The first-order valence-electron chi connectivity index (χ1n) is 5.78. The lowest BCUT2D eigenvalue weighted by Crippen LogP contribution is -2.25. The number of hydroxylamine groups is 2. The van der Waals surface area contributed by atoms with Crippen LogP contribution >= 0.6 is 0 Å². The molecule has 1 amide bonds. The van der Waals surface area contributed by atoms with E-state index in [1.807, 2.05) is 32.9 Å². The first-order chi connectivity index (χ1) is 8.47. The highest BCUT2D eigenvalue weighted by Crippen LogP contribution is 2.31. The molecule has 0 spiro atoms. The van der Waals surface area contributed by atoms with Gasteiger partial charge in [-0.05, 0) is 31.9 Å². The fourth-order valence-corrected chi connectivity index (χ4v) is 2.10. The average molecular weight is 247 g/mol. The fraction of sp³-hybridized carbons (Fsp3) is 0.357. The third kappa shape index (κ3) is 1.78. The van der Waals surface area contributed by atoms with Gasteiger partial charge in [0, 0.05) is 18.0 Å². The van der Waals surface area contributed by atoms with Crippen LogP contribution in [0.2, 0.25) is 0 Å². The van der Waals surface area contributed by atoms with Gasteiger partial charge in [-0.1, -0.05) is 12.1 Å². The van der Waals surface area contributed by atoms with E-state index in [1.165, 1.54) is 7.11 Å². The molecule has 96 valence electrons. The van der Waals surface area contributed by atoms with E-state index in [-0.39, 0.29) is 5.91 Å². The van der Waals surface area contributed by atoms with E-state index in [2.05, 4.69) is 0 Å². The smallest absolute Gasteiger partial charge is 0.313 e. The molecule has 0 fully saturated rings. The molecule has 0 atom stereocenters. The first-order valence-corrected chi connectivity index (χ1v) is 5.78. The number of aryl methyl sites for hydroxylation is 3. The molecule has 0 aliphatic rings. The van der Waals surface area contributed by atoms with E-state index in [0.717, 1.165) is 32.7 Å². The van der Waals surface area contributed by atoms with E-state index >= 15 is 0 Å². The number of hydrogen-bond acceptors (Lipinski definition) is 3. The third-order valence-corrected chi connectivity index (χ3v) is 3.24. The zero-order valence-electron chi connectivity index (χ0n) is 11.3. The van der Waals surface area contributed by atoms with Crippen molar-refractivity contribution in [3.63, 3.8) is 0 Å². The lowest BCUT2D eigenvalue weighted by molar-refractivity contribution is -0.0773. The summed E-state index contributed by atoms with van der Waals surface area (Å²) >= 11 is 0. The van der Waals surface area contributed by atoms with Gasteiger partial charge in [0.05, 0.1) is 7.11 Å². The molecule has 0 N–H and O–H groups in total. The fourth-order valence-electron chi connectivity index (χ4n) is 2.10. The second kappa shape index (κ2) is 4.46. The van der Waals surface area contributed by atoms with Gasteiger partial charge in [-0.15, -0.1) is 0 Å². The second-order valence-electron chi connectivity index (χ2n) is 4.44. The van der Waals surface area contributed by atoms with Gasteiger partial charge >= 0.3 is 5.91 Å². The van der Waals surface area contributed by atoms with Crippen LogP contribution in [0, 0.1) is 20.8 Å². The molecule has 0 aliphatic heterocycles. The molecule has 0 unspecified atom stereocenters. The Morgan fingerprint density at radius 3 is 2.39 bits per heavy atom. The highest BCUT2D eigenvalue weighted by molar-refractivity contribution is 6.00. The Labute approximate surface area is 106 Å². The van der Waals surface area contributed by atoms with Crippen LogP contribution < -0.4 is 0 Å². The van der Waals surface area contributed by atoms with Crippen LogP contribution in [0.25, 0.3) is 11.0 Å². The highest BCUT2D eigenvalue weighted by Gasteiger charge is 2.22. The number of furan rings is 1. The monoisotopic (exact) mass is 247 g/mol. The van der Waals surface area contributed by atoms with Crippen LogP contribution in [0.15, 0.2) is 16.5 Å². The van der Waals surface area contributed by atoms with Gasteiger partial charge < -0.3 is 4.42 Å². The standard InChI is InChI=1S/C14H17NO3/c1-8-6-7-9(2)12-11(8)10(3)13(18-12)14(16)15(4)17-5/h6-7H,1-5H3. The normalized spacial score (nSPS) is 10.9. The van der Waals surface area contributed by atoms with Crippen molar-refractivity contribution in [1.82, 2.24) is 5.06 Å². The van der Waals surface area contributed by atoms with Crippen molar-refractivity contribution in [2.45, 2.75) is 20.8 Å². The number of fused-ring (bicyclic) bond motifs is 1. The van der Waals surface area contributed by atoms with Gasteiger partial charge in [-0.2, -0.15) is 0 Å². The molecule has 1 heterocycles. The minimum absolute atomic E-state index is 0.273. The Morgan fingerprint density at radius 2 is 1.83 bits per heavy atom. The van der Waals surface area contributed by atoms with Gasteiger partial charge in [0.15, 0.2) is 5.76 Å². The molecule has 1 aromatic heterocycles. The summed E-state index contributed by atoms with van der Waals surface area (Å²) in [7, 11) is 3.01. The third-order valence-electron chi connectivity index (χ3n) is 3.24. The molecule has 2 aromatic rings. The minimum Gasteiger partial charge on any atom is -0.450 e. The highest BCUT2D eigenvalue weighted by atomic mass is 16.7. The van der Waals surface area contributed by atoms with Crippen LogP contribution in [0.5, 0.6) is 0 Å². The first kappa shape index (κ1) is 12.6. The molecule has 2 rings (SSSR count). The molecule has 1 aromatic carbocycles. The summed E-state index contributed by atoms with van der Waals surface area (Å²) in [4.78, 5) is 17.0. The van der Waals surface area contributed by atoms with E-state index in [1.54, 1.807) is 7.05 Å². The molecule has 0 saturated carbocycles. The number of carbonyl (C=O) groups is 1. The summed E-state index contributed by atoms with van der Waals surface area (Å²) in [6.45, 7) is 5.88. The maximum atomic E-state index is 12.1. The van der Waals surface area contributed by atoms with E-state index in [0.29, 0.717) is 5.76 Å². The van der Waals surface area contributed by atoms with Crippen LogP contribution in [0.3, 0.4) is 0 Å². The van der Waals surface area contributed by atoms with Crippen LogP contribution in [-0.2, 0) is 4.84 Å². The SMILES string of the molecule is CON(C)C(=O)c1oc2c(C)ccc(C)c2c1C. The molecule has 4 nitrogen and oxygen atoms in total. The maximum absolute atomic E-state index is 12.1. The summed E-state index contributed by atoms with van der Waals surface area (Å²) in [5.41, 5.74) is 3.77. The Morgan fingerprint density at radius 1 is 1.22 bits per heavy atom. The van der Waals surface area contributed by atoms with Gasteiger partial charge in [0.25, 0.3) is 0 Å². The van der Waals surface area contributed by atoms with Crippen molar-refractivity contribution < 1.29 is 14.0 Å². The van der Waals surface area contributed by atoms with Crippen LogP contribution in [0.4, 0.5) is 0 Å². The van der Waals surface area contributed by atoms with Crippen molar-refractivity contribution >= 4 is 16.9 Å². The lowest BCUT2D eigenvalue weighted by Gasteiger charge is -2.11. The molecule has 0 bridgehead atoms. The van der Waals surface area contributed by atoms with E-state index in [4.69, 9.17) is 9.25 Å². The molecule has 0 aliphatic carbocycles. The average Bonchev–Trinajstić information content (AvgIpc) is 2.71. The molecular formula is C14H17NO3. The largest absolute Gasteiger partial charge is 0.450 e. The predicted molar refractivity (Wildman–Crippen MR) is 69.5 cm³/mol. The van der Waals surface area contributed by atoms with Crippen molar-refractivity contribution in [1.29, 1.82) is 0 Å². The number of benzene rings is 1. The second-order valence-corrected chi connectivity index (χ2v) is 4.44. The molecular weight excluding hydrogens is 230 g/mol. The van der Waals surface area contributed by atoms with Crippen molar-refractivity contribution in [2.24, 2.45) is 0 Å². The maximum Gasteiger partial charge on any atom is 0.313 e. The molecule has 18 heavy (non-hydrogen) atoms. The minimum atomic E-state index is -0.273. The number of rotatable bonds is 2. The van der Waals surface area contributed by atoms with E-state index in [9.17, 15) is 4.79 Å². The lowest BCUT2D eigenvalue weighted by atomic mass is 10.0. The quantitative estimate of drug-likeness (QED) is 0.766. The number of hydrogen-bond donors (Lipinski definition) is 0. The van der Waals surface area contributed by atoms with Gasteiger partial charge in [-0.3, -0.25) is 9.63 Å². The van der Waals surface area contributed by atoms with Crippen molar-refractivity contribution in [3.8, 4) is 0 Å². The molecule has 0 saturated heterocycles. The molecule has 4 heteroatoms. The molecule has 0 radical (unpaired) electrons. The Bertz CT molecular complexity index is 613. The summed E-state index contributed by atoms with van der Waals surface area (Å²) in [5, 5.41) is 2.18. The predicted octanol–water partition coefficient (Wildman–Crippen LogP) is 2.99. The van der Waals surface area contributed by atoms with Gasteiger partial charge in [0.1, 0.15) is 5.58 Å². The Balaban J connectivity index is 2.68. The summed E-state index contributed by atoms with van der Waals surface area (Å²) in [6, 6.07) is 4.03. The number of amides is 1. The van der Waals surface area contributed by atoms with E-state index < -0.39 is 0 Å². The van der Waals surface area contributed by atoms with Crippen molar-refractivity contribution in [2.75, 3.05) is 14.2 Å². The summed E-state index contributed by atoms with van der Waals surface area (Å²) in [6.07, 6.45) is 0. The zero-order chi connectivity index (χ0) is 13.4. The van der Waals surface area contributed by atoms with Gasteiger partial charge in [0.2, 0.25) is 0 Å². The summed E-state index contributed by atoms with van der Waals surface area (Å²) < 4.78 is 5.72. The number of nitrogens with zero attached hydrogens (tertiary/aromatic N) is 1. The Hall–Kier alpha value is -1.81. The zero-order valence-corrected chi connectivity index (χ0v) is 11.3. The Kier molecular flexibility index (Phi) is 3.13.